The second-order valence-corrected chi connectivity index (χ2v) is 9.76. The zero-order valence-corrected chi connectivity index (χ0v) is 20.6. The van der Waals surface area contributed by atoms with Crippen LogP contribution in [0.4, 0.5) is 17.6 Å². The highest BCUT2D eigenvalue weighted by molar-refractivity contribution is 5.97. The molecule has 1 aliphatic carbocycles. The van der Waals surface area contributed by atoms with Gasteiger partial charge in [0.2, 0.25) is 5.91 Å². The van der Waals surface area contributed by atoms with Gasteiger partial charge in [0.15, 0.2) is 5.69 Å². The van der Waals surface area contributed by atoms with Gasteiger partial charge in [-0.2, -0.15) is 13.2 Å². The van der Waals surface area contributed by atoms with Gasteiger partial charge in [0.1, 0.15) is 12.4 Å². The van der Waals surface area contributed by atoms with Gasteiger partial charge in [0, 0.05) is 29.8 Å². The third kappa shape index (κ3) is 4.94. The summed E-state index contributed by atoms with van der Waals surface area (Å²) in [5, 5.41) is 8.13. The van der Waals surface area contributed by atoms with Crippen LogP contribution in [0.1, 0.15) is 57.1 Å². The van der Waals surface area contributed by atoms with Gasteiger partial charge < -0.3 is 15.4 Å². The summed E-state index contributed by atoms with van der Waals surface area (Å²) < 4.78 is 61.0. The van der Waals surface area contributed by atoms with E-state index in [0.29, 0.717) is 29.8 Å². The minimum Gasteiger partial charge on any atom is -0.463 e. The van der Waals surface area contributed by atoms with Gasteiger partial charge in [0.25, 0.3) is 6.02 Å². The standard InChI is InChI=1S/C28H26F4N4O2/c1-15-11-17(6-7-22(15)29)23(16-4-5-16)24-19(14-36-9-10-38-27(36)34)12-18(13-21(24)26(33)37)20-3-2-8-35-25(20)28(30,31)32/h2-3,6-8,11-13,16,23,34H,4-5,9-10,14H2,1H3,(H2,33,37)/t23-/m1/s1. The Hall–Kier alpha value is -3.95. The van der Waals surface area contributed by atoms with Crippen LogP contribution in [-0.4, -0.2) is 35.0 Å². The topological polar surface area (TPSA) is 92.3 Å². The van der Waals surface area contributed by atoms with E-state index in [-0.39, 0.29) is 46.9 Å². The van der Waals surface area contributed by atoms with Crippen LogP contribution < -0.4 is 5.73 Å². The molecule has 3 N–H and O–H groups in total. The molecule has 1 atom stereocenters. The molecule has 0 bridgehead atoms. The van der Waals surface area contributed by atoms with Gasteiger partial charge in [-0.15, -0.1) is 0 Å². The molecule has 10 heteroatoms. The number of nitrogens with one attached hydrogen (secondary N) is 1. The highest BCUT2D eigenvalue weighted by atomic mass is 19.4. The number of amides is 1. The largest absolute Gasteiger partial charge is 0.463 e. The summed E-state index contributed by atoms with van der Waals surface area (Å²) >= 11 is 0. The average molecular weight is 527 g/mol. The molecule has 6 nitrogen and oxygen atoms in total. The summed E-state index contributed by atoms with van der Waals surface area (Å²) in [5.74, 6) is -1.30. The number of amidine groups is 1. The van der Waals surface area contributed by atoms with Gasteiger partial charge in [-0.05, 0) is 77.8 Å². The van der Waals surface area contributed by atoms with Crippen LogP contribution in [0.3, 0.4) is 0 Å². The highest BCUT2D eigenvalue weighted by Gasteiger charge is 2.39. The molecule has 0 unspecified atom stereocenters. The smallest absolute Gasteiger partial charge is 0.433 e. The number of halogens is 4. The van der Waals surface area contributed by atoms with E-state index in [0.717, 1.165) is 24.6 Å². The fourth-order valence-electron chi connectivity index (χ4n) is 5.20. The molecule has 2 aromatic carbocycles. The summed E-state index contributed by atoms with van der Waals surface area (Å²) in [6.45, 7) is 2.51. The zero-order chi connectivity index (χ0) is 27.2. The molecular weight excluding hydrogens is 500 g/mol. The summed E-state index contributed by atoms with van der Waals surface area (Å²) in [4.78, 5) is 18.1. The number of primary amides is 1. The zero-order valence-electron chi connectivity index (χ0n) is 20.6. The molecular formula is C28H26F4N4O2. The number of hydrogen-bond donors (Lipinski definition) is 2. The SMILES string of the molecule is Cc1cc([C@H](c2c(CN3CCOC3=N)cc(-c3cccnc3C(F)(F)F)cc2C(N)=O)C2CC2)ccc1F. The van der Waals surface area contributed by atoms with Crippen LogP contribution in [0.5, 0.6) is 0 Å². The van der Waals surface area contributed by atoms with Crippen LogP contribution in [0, 0.1) is 24.1 Å². The van der Waals surface area contributed by atoms with E-state index in [1.165, 1.54) is 24.3 Å². The van der Waals surface area contributed by atoms with Crippen molar-refractivity contribution in [1.82, 2.24) is 9.88 Å². The fourth-order valence-corrected chi connectivity index (χ4v) is 5.20. The third-order valence-electron chi connectivity index (χ3n) is 7.11. The van der Waals surface area contributed by atoms with E-state index in [9.17, 15) is 22.4 Å². The second kappa shape index (κ2) is 9.74. The number of pyridine rings is 1. The van der Waals surface area contributed by atoms with Crippen molar-refractivity contribution in [2.24, 2.45) is 11.7 Å². The normalized spacial score (nSPS) is 16.4. The molecule has 1 saturated carbocycles. The maximum absolute atomic E-state index is 14.1. The summed E-state index contributed by atoms with van der Waals surface area (Å²) in [6, 6.07) is 10.5. The predicted molar refractivity (Wildman–Crippen MR) is 133 cm³/mol. The number of nitrogens with zero attached hydrogens (tertiary/aromatic N) is 2. The van der Waals surface area contributed by atoms with Crippen LogP contribution >= 0.6 is 0 Å². The fraction of sp³-hybridized carbons (Fsp3) is 0.321. The van der Waals surface area contributed by atoms with Gasteiger partial charge in [0.05, 0.1) is 6.54 Å². The molecule has 1 aromatic heterocycles. The minimum atomic E-state index is -4.71. The van der Waals surface area contributed by atoms with E-state index in [4.69, 9.17) is 15.9 Å². The number of ether oxygens (including phenoxy) is 1. The first-order chi connectivity index (χ1) is 18.0. The number of alkyl halides is 3. The quantitative estimate of drug-likeness (QED) is 0.391. The highest BCUT2D eigenvalue weighted by Crippen LogP contribution is 2.49. The lowest BCUT2D eigenvalue weighted by molar-refractivity contribution is -0.140. The summed E-state index contributed by atoms with van der Waals surface area (Å²) in [7, 11) is 0. The molecule has 1 saturated heterocycles. The molecule has 5 rings (SSSR count). The van der Waals surface area contributed by atoms with Crippen molar-refractivity contribution in [3.05, 3.63) is 88.0 Å². The van der Waals surface area contributed by atoms with E-state index in [1.54, 1.807) is 30.0 Å². The Kier molecular flexibility index (Phi) is 6.58. The molecule has 2 fully saturated rings. The van der Waals surface area contributed by atoms with Crippen molar-refractivity contribution in [1.29, 1.82) is 5.41 Å². The third-order valence-corrected chi connectivity index (χ3v) is 7.11. The number of hydrogen-bond acceptors (Lipinski definition) is 4. The molecule has 38 heavy (non-hydrogen) atoms. The monoisotopic (exact) mass is 526 g/mol. The van der Waals surface area contributed by atoms with Crippen LogP contribution in [0.2, 0.25) is 0 Å². The lowest BCUT2D eigenvalue weighted by Gasteiger charge is -2.27. The van der Waals surface area contributed by atoms with Gasteiger partial charge in [-0.1, -0.05) is 18.2 Å². The maximum atomic E-state index is 14.1. The first-order valence-corrected chi connectivity index (χ1v) is 12.3. The Bertz CT molecular complexity index is 1420. The number of nitrogens with two attached hydrogens (primary N) is 1. The molecule has 198 valence electrons. The summed E-state index contributed by atoms with van der Waals surface area (Å²) in [6.07, 6.45) is -1.89. The van der Waals surface area contributed by atoms with Crippen LogP contribution in [0.25, 0.3) is 11.1 Å². The molecule has 0 spiro atoms. The number of carbonyl (C=O) groups is 1. The number of aryl methyl sites for hydroxylation is 1. The Morgan fingerprint density at radius 3 is 2.61 bits per heavy atom. The molecule has 1 aliphatic heterocycles. The molecule has 2 aliphatic rings. The Morgan fingerprint density at radius 2 is 2.00 bits per heavy atom. The summed E-state index contributed by atoms with van der Waals surface area (Å²) in [5.41, 5.74) is 7.26. The molecule has 2 heterocycles. The Balaban J connectivity index is 1.76. The van der Waals surface area contributed by atoms with Gasteiger partial charge in [-0.3, -0.25) is 15.2 Å². The first-order valence-electron chi connectivity index (χ1n) is 12.3. The van der Waals surface area contributed by atoms with E-state index in [2.05, 4.69) is 4.98 Å². The van der Waals surface area contributed by atoms with E-state index >= 15 is 0 Å². The van der Waals surface area contributed by atoms with Crippen molar-refractivity contribution in [3.63, 3.8) is 0 Å². The predicted octanol–water partition coefficient (Wildman–Crippen LogP) is 5.62. The maximum Gasteiger partial charge on any atom is 0.433 e. The number of benzene rings is 2. The van der Waals surface area contributed by atoms with Crippen molar-refractivity contribution in [3.8, 4) is 11.1 Å². The second-order valence-electron chi connectivity index (χ2n) is 9.76. The first kappa shape index (κ1) is 25.7. The van der Waals surface area contributed by atoms with Gasteiger partial charge in [-0.25, -0.2) is 4.39 Å². The van der Waals surface area contributed by atoms with Crippen molar-refractivity contribution < 1.29 is 27.1 Å². The number of aromatic nitrogens is 1. The van der Waals surface area contributed by atoms with Crippen LogP contribution in [0.15, 0.2) is 48.7 Å². The van der Waals surface area contributed by atoms with E-state index < -0.39 is 17.8 Å². The van der Waals surface area contributed by atoms with Crippen molar-refractivity contribution in [2.45, 2.75) is 38.4 Å². The van der Waals surface area contributed by atoms with Crippen LogP contribution in [-0.2, 0) is 17.5 Å². The molecule has 0 radical (unpaired) electrons. The number of rotatable bonds is 7. The Morgan fingerprint density at radius 1 is 1.24 bits per heavy atom. The lowest BCUT2D eigenvalue weighted by Crippen LogP contribution is -2.27. The van der Waals surface area contributed by atoms with Crippen molar-refractivity contribution >= 4 is 11.9 Å². The minimum absolute atomic E-state index is 0.0556. The van der Waals surface area contributed by atoms with E-state index in [1.807, 2.05) is 0 Å². The molecule has 3 aromatic rings. The van der Waals surface area contributed by atoms with Gasteiger partial charge >= 0.3 is 6.18 Å². The number of carbonyl (C=O) groups excluding carboxylic acids is 1. The van der Waals surface area contributed by atoms with Crippen molar-refractivity contribution in [2.75, 3.05) is 13.2 Å². The average Bonchev–Trinajstić information content (AvgIpc) is 3.63. The molecule has 1 amide bonds. The lowest BCUT2D eigenvalue weighted by atomic mass is 9.79. The Labute approximate surface area is 216 Å².